The summed E-state index contributed by atoms with van der Waals surface area (Å²) in [6.45, 7) is 1.30. The van der Waals surface area contributed by atoms with Crippen molar-refractivity contribution in [2.75, 3.05) is 34.3 Å². The number of halogens is 2. The van der Waals surface area contributed by atoms with Crippen LogP contribution >= 0.6 is 0 Å². The fraction of sp³-hybridized carbons (Fsp3) is 0.636. The monoisotopic (exact) mass is 428 g/mol. The van der Waals surface area contributed by atoms with Crippen LogP contribution in [0.2, 0.25) is 0 Å². The minimum atomic E-state index is -1.17. The number of unbranched alkanes of at least 4 members (excludes halogenated alkanes) is 4. The van der Waals surface area contributed by atoms with Gasteiger partial charge in [0.25, 0.3) is 0 Å². The highest BCUT2D eigenvalue weighted by molar-refractivity contribution is 5.77. The number of nitrogens with one attached hydrogen (secondary N) is 1. The van der Waals surface area contributed by atoms with Gasteiger partial charge in [-0.25, -0.2) is 8.78 Å². The largest absolute Gasteiger partial charge is 0.550 e. The molecule has 0 saturated heterocycles. The highest BCUT2D eigenvalue weighted by Crippen LogP contribution is 2.11. The Bertz CT molecular complexity index is 678. The maximum absolute atomic E-state index is 13.1. The van der Waals surface area contributed by atoms with Gasteiger partial charge in [-0.15, -0.1) is 0 Å². The number of hydrogen-bond acceptors (Lipinski definition) is 4. The minimum absolute atomic E-state index is 0.135. The van der Waals surface area contributed by atoms with Gasteiger partial charge in [0.2, 0.25) is 5.91 Å². The van der Waals surface area contributed by atoms with Crippen LogP contribution in [0.5, 0.6) is 0 Å². The van der Waals surface area contributed by atoms with E-state index < -0.39 is 23.6 Å². The molecule has 1 aromatic rings. The van der Waals surface area contributed by atoms with Crippen molar-refractivity contribution in [3.05, 3.63) is 35.4 Å². The fourth-order valence-electron chi connectivity index (χ4n) is 3.16. The lowest BCUT2D eigenvalue weighted by Crippen LogP contribution is -2.50. The third-order valence-corrected chi connectivity index (χ3v) is 4.49. The summed E-state index contributed by atoms with van der Waals surface area (Å²) in [5.74, 6) is -3.04. The van der Waals surface area contributed by atoms with Gasteiger partial charge in [0.05, 0.1) is 40.3 Å². The minimum Gasteiger partial charge on any atom is -0.550 e. The molecule has 30 heavy (non-hydrogen) atoms. The number of carbonyl (C=O) groups is 2. The molecule has 0 heterocycles. The number of ether oxygens (including phenoxy) is 1. The van der Waals surface area contributed by atoms with Crippen molar-refractivity contribution < 1.29 is 32.7 Å². The zero-order valence-corrected chi connectivity index (χ0v) is 18.2. The van der Waals surface area contributed by atoms with Gasteiger partial charge in [0, 0.05) is 25.4 Å². The van der Waals surface area contributed by atoms with Gasteiger partial charge in [0.1, 0.15) is 0 Å². The standard InChI is InChI=1S/C22H34F2N2O4/c1-26(2,3)15-18(14-22(28)29)25-21(27)9-7-5-4-6-8-12-30-16-17-10-11-19(23)20(24)13-17/h10-11,13,18H,4-9,12,14-16H2,1-3H3,(H-,25,27,28,29). The van der Waals surface area contributed by atoms with Crippen molar-refractivity contribution in [1.82, 2.24) is 5.32 Å². The molecular formula is C22H34F2N2O4. The van der Waals surface area contributed by atoms with E-state index in [2.05, 4.69) is 5.32 Å². The van der Waals surface area contributed by atoms with Crippen molar-refractivity contribution >= 4 is 11.9 Å². The van der Waals surface area contributed by atoms with Gasteiger partial charge in [-0.3, -0.25) is 4.79 Å². The second kappa shape index (κ2) is 13.3. The Morgan fingerprint density at radius 2 is 1.73 bits per heavy atom. The summed E-state index contributed by atoms with van der Waals surface area (Å²) in [6, 6.07) is 3.29. The predicted molar refractivity (Wildman–Crippen MR) is 108 cm³/mol. The van der Waals surface area contributed by atoms with E-state index in [1.54, 1.807) is 0 Å². The van der Waals surface area contributed by atoms with E-state index in [1.807, 2.05) is 21.1 Å². The van der Waals surface area contributed by atoms with Crippen molar-refractivity contribution in [2.45, 2.75) is 57.6 Å². The van der Waals surface area contributed by atoms with E-state index in [4.69, 9.17) is 4.74 Å². The summed E-state index contributed by atoms with van der Waals surface area (Å²) in [5.41, 5.74) is 0.599. The Morgan fingerprint density at radius 1 is 1.07 bits per heavy atom. The molecule has 8 heteroatoms. The zero-order valence-electron chi connectivity index (χ0n) is 18.2. The van der Waals surface area contributed by atoms with Crippen LogP contribution in [-0.4, -0.2) is 56.7 Å². The highest BCUT2D eigenvalue weighted by Gasteiger charge is 2.20. The van der Waals surface area contributed by atoms with Crippen LogP contribution in [0.4, 0.5) is 8.78 Å². The second-order valence-corrected chi connectivity index (χ2v) is 8.63. The summed E-state index contributed by atoms with van der Waals surface area (Å²) in [4.78, 5) is 23.0. The summed E-state index contributed by atoms with van der Waals surface area (Å²) in [5, 5.41) is 13.7. The molecule has 1 rings (SSSR count). The van der Waals surface area contributed by atoms with Crippen molar-refractivity contribution in [1.29, 1.82) is 0 Å². The van der Waals surface area contributed by atoms with Crippen molar-refractivity contribution in [3.8, 4) is 0 Å². The first-order valence-electron chi connectivity index (χ1n) is 10.4. The normalized spacial score (nSPS) is 12.6. The molecule has 1 atom stereocenters. The lowest BCUT2D eigenvalue weighted by Gasteiger charge is -2.30. The Hall–Kier alpha value is -2.06. The Kier molecular flexibility index (Phi) is 11.5. The molecule has 0 spiro atoms. The first-order chi connectivity index (χ1) is 14.1. The Morgan fingerprint density at radius 3 is 2.37 bits per heavy atom. The predicted octanol–water partition coefficient (Wildman–Crippen LogP) is 2.15. The molecule has 0 aliphatic carbocycles. The number of carbonyl (C=O) groups excluding carboxylic acids is 2. The number of likely N-dealkylation sites (N-methyl/N-ethyl adjacent to an activating group) is 1. The number of rotatable bonds is 15. The number of aliphatic carboxylic acids is 1. The average molecular weight is 429 g/mol. The van der Waals surface area contributed by atoms with E-state index in [0.717, 1.165) is 44.2 Å². The van der Waals surface area contributed by atoms with Gasteiger partial charge in [-0.2, -0.15) is 0 Å². The van der Waals surface area contributed by atoms with Crippen molar-refractivity contribution in [3.63, 3.8) is 0 Å². The molecule has 0 aromatic heterocycles. The number of amides is 1. The van der Waals surface area contributed by atoms with Gasteiger partial charge < -0.3 is 24.4 Å². The lowest BCUT2D eigenvalue weighted by atomic mass is 10.1. The molecule has 0 saturated carbocycles. The summed E-state index contributed by atoms with van der Waals surface area (Å²) < 4.78 is 32.0. The SMILES string of the molecule is C[N+](C)(C)CC(CC(=O)[O-])NC(=O)CCCCCCCOCc1ccc(F)c(F)c1. The zero-order chi connectivity index (χ0) is 22.6. The number of quaternary nitrogens is 1. The summed E-state index contributed by atoms with van der Waals surface area (Å²) >= 11 is 0. The first kappa shape index (κ1) is 26.0. The van der Waals surface area contributed by atoms with Crippen LogP contribution in [0.3, 0.4) is 0 Å². The average Bonchev–Trinajstić information content (AvgIpc) is 2.61. The maximum atomic E-state index is 13.1. The number of carboxylic acid groups (broad SMARTS) is 1. The van der Waals surface area contributed by atoms with Gasteiger partial charge in [-0.05, 0) is 30.5 Å². The maximum Gasteiger partial charge on any atom is 0.220 e. The molecule has 6 nitrogen and oxygen atoms in total. The molecule has 0 aliphatic rings. The summed E-state index contributed by atoms with van der Waals surface area (Å²) in [7, 11) is 5.82. The van der Waals surface area contributed by atoms with Gasteiger partial charge >= 0.3 is 0 Å². The number of hydrogen-bond donors (Lipinski definition) is 1. The molecule has 1 aromatic carbocycles. The Labute approximate surface area is 177 Å². The van der Waals surface area contributed by atoms with Crippen LogP contribution < -0.4 is 10.4 Å². The molecule has 1 unspecified atom stereocenters. The van der Waals surface area contributed by atoms with Gasteiger partial charge in [-0.1, -0.05) is 25.3 Å². The molecule has 1 N–H and O–H groups in total. The number of nitrogens with zero attached hydrogens (tertiary/aromatic N) is 1. The second-order valence-electron chi connectivity index (χ2n) is 8.63. The van der Waals surface area contributed by atoms with Crippen LogP contribution in [0.1, 0.15) is 50.5 Å². The fourth-order valence-corrected chi connectivity index (χ4v) is 3.16. The highest BCUT2D eigenvalue weighted by atomic mass is 19.2. The van der Waals surface area contributed by atoms with Crippen LogP contribution in [0.25, 0.3) is 0 Å². The lowest BCUT2D eigenvalue weighted by molar-refractivity contribution is -0.871. The van der Waals surface area contributed by atoms with E-state index in [9.17, 15) is 23.5 Å². The van der Waals surface area contributed by atoms with E-state index in [-0.39, 0.29) is 18.9 Å². The molecule has 170 valence electrons. The first-order valence-corrected chi connectivity index (χ1v) is 10.4. The van der Waals surface area contributed by atoms with Crippen LogP contribution in [0, 0.1) is 11.6 Å². The smallest absolute Gasteiger partial charge is 0.220 e. The molecule has 0 fully saturated rings. The van der Waals surface area contributed by atoms with Crippen LogP contribution in [-0.2, 0) is 20.9 Å². The van der Waals surface area contributed by atoms with E-state index >= 15 is 0 Å². The third-order valence-electron chi connectivity index (χ3n) is 4.49. The Balaban J connectivity index is 2.10. The van der Waals surface area contributed by atoms with Crippen LogP contribution in [0.15, 0.2) is 18.2 Å². The third kappa shape index (κ3) is 12.5. The van der Waals surface area contributed by atoms with E-state index in [1.165, 1.54) is 6.07 Å². The van der Waals surface area contributed by atoms with Crippen molar-refractivity contribution in [2.24, 2.45) is 0 Å². The molecule has 1 amide bonds. The molecule has 0 radical (unpaired) electrons. The molecular weight excluding hydrogens is 394 g/mol. The number of carboxylic acids is 1. The topological polar surface area (TPSA) is 78.5 Å². The molecule has 0 aliphatic heterocycles. The van der Waals surface area contributed by atoms with E-state index in [0.29, 0.717) is 29.6 Å². The molecule has 0 bridgehead atoms. The number of benzene rings is 1. The quantitative estimate of drug-likeness (QED) is 0.343. The van der Waals surface area contributed by atoms with Gasteiger partial charge in [0.15, 0.2) is 11.6 Å². The summed E-state index contributed by atoms with van der Waals surface area (Å²) in [6.07, 6.45) is 4.59.